The van der Waals surface area contributed by atoms with Crippen LogP contribution in [0.1, 0.15) is 39.5 Å². The van der Waals surface area contributed by atoms with Crippen molar-refractivity contribution in [2.75, 3.05) is 32.8 Å². The summed E-state index contributed by atoms with van der Waals surface area (Å²) in [6.07, 6.45) is 1.90. The fourth-order valence-corrected chi connectivity index (χ4v) is 5.34. The molecule has 2 aliphatic heterocycles. The second-order valence-electron chi connectivity index (χ2n) is 7.69. The van der Waals surface area contributed by atoms with Crippen LogP contribution in [0.4, 0.5) is 0 Å². The molecule has 166 valence electrons. The number of carbonyl (C=O) groups is 2. The van der Waals surface area contributed by atoms with Gasteiger partial charge in [-0.25, -0.2) is 8.42 Å². The standard InChI is InChI=1S/C21H30N2O6S/c1-3-28-18-6-8-19(9-7-18)30(26,27)23-14-10-17(11-15-23)21(25)29-16(2)20(24)22-12-4-5-13-22/h6-9,16-17H,3-5,10-15H2,1-2H3. The van der Waals surface area contributed by atoms with E-state index in [-0.39, 0.29) is 23.9 Å². The predicted octanol–water partition coefficient (Wildman–Crippen LogP) is 2.04. The number of piperidine rings is 1. The number of amides is 1. The highest BCUT2D eigenvalue weighted by atomic mass is 32.2. The Bertz CT molecular complexity index is 841. The summed E-state index contributed by atoms with van der Waals surface area (Å²) < 4.78 is 37.9. The van der Waals surface area contributed by atoms with Crippen molar-refractivity contribution >= 4 is 21.9 Å². The molecule has 0 aromatic heterocycles. The molecule has 0 bridgehead atoms. The highest BCUT2D eigenvalue weighted by Gasteiger charge is 2.34. The number of ether oxygens (including phenoxy) is 2. The molecular weight excluding hydrogens is 408 g/mol. The van der Waals surface area contributed by atoms with Crippen LogP contribution in [-0.4, -0.2) is 68.4 Å². The SMILES string of the molecule is CCOc1ccc(S(=O)(=O)N2CCC(C(=O)OC(C)C(=O)N3CCCC3)CC2)cc1. The van der Waals surface area contributed by atoms with Gasteiger partial charge < -0.3 is 14.4 Å². The summed E-state index contributed by atoms with van der Waals surface area (Å²) in [5.41, 5.74) is 0. The maximum atomic E-state index is 12.9. The zero-order chi connectivity index (χ0) is 21.7. The molecule has 0 aliphatic carbocycles. The van der Waals surface area contributed by atoms with Gasteiger partial charge in [0.15, 0.2) is 6.10 Å². The molecule has 9 heteroatoms. The summed E-state index contributed by atoms with van der Waals surface area (Å²) in [6.45, 7) is 5.88. The second-order valence-corrected chi connectivity index (χ2v) is 9.63. The number of likely N-dealkylation sites (tertiary alicyclic amines) is 1. The van der Waals surface area contributed by atoms with Gasteiger partial charge in [0.05, 0.1) is 17.4 Å². The number of carbonyl (C=O) groups excluding carboxylic acids is 2. The highest BCUT2D eigenvalue weighted by Crippen LogP contribution is 2.26. The lowest BCUT2D eigenvalue weighted by molar-refractivity contribution is -0.163. The maximum absolute atomic E-state index is 12.9. The molecule has 3 rings (SSSR count). The van der Waals surface area contributed by atoms with Gasteiger partial charge in [-0.15, -0.1) is 0 Å². The number of sulfonamides is 1. The Kier molecular flexibility index (Phi) is 7.36. The third kappa shape index (κ3) is 5.13. The van der Waals surface area contributed by atoms with Crippen LogP contribution in [0.3, 0.4) is 0 Å². The monoisotopic (exact) mass is 438 g/mol. The van der Waals surface area contributed by atoms with Crippen molar-refractivity contribution in [3.63, 3.8) is 0 Å². The van der Waals surface area contributed by atoms with Gasteiger partial charge in [-0.3, -0.25) is 9.59 Å². The van der Waals surface area contributed by atoms with Gasteiger partial charge in [-0.1, -0.05) is 0 Å². The van der Waals surface area contributed by atoms with Crippen LogP contribution in [0.15, 0.2) is 29.2 Å². The van der Waals surface area contributed by atoms with Crippen molar-refractivity contribution in [2.24, 2.45) is 5.92 Å². The molecule has 0 spiro atoms. The average Bonchev–Trinajstić information content (AvgIpc) is 3.28. The molecule has 0 N–H and O–H groups in total. The van der Waals surface area contributed by atoms with E-state index in [1.165, 1.54) is 16.4 Å². The van der Waals surface area contributed by atoms with E-state index in [1.54, 1.807) is 24.0 Å². The highest BCUT2D eigenvalue weighted by molar-refractivity contribution is 7.89. The topological polar surface area (TPSA) is 93.2 Å². The van der Waals surface area contributed by atoms with E-state index < -0.39 is 28.0 Å². The molecule has 8 nitrogen and oxygen atoms in total. The van der Waals surface area contributed by atoms with Crippen LogP contribution < -0.4 is 4.74 Å². The average molecular weight is 439 g/mol. The molecule has 2 fully saturated rings. The van der Waals surface area contributed by atoms with E-state index >= 15 is 0 Å². The summed E-state index contributed by atoms with van der Waals surface area (Å²) >= 11 is 0. The minimum Gasteiger partial charge on any atom is -0.494 e. The first kappa shape index (κ1) is 22.6. The number of benzene rings is 1. The Balaban J connectivity index is 1.53. The fraction of sp³-hybridized carbons (Fsp3) is 0.619. The van der Waals surface area contributed by atoms with Crippen molar-refractivity contribution in [3.05, 3.63) is 24.3 Å². The van der Waals surface area contributed by atoms with Crippen LogP contribution in [0.25, 0.3) is 0 Å². The molecule has 0 saturated carbocycles. The molecule has 1 atom stereocenters. The van der Waals surface area contributed by atoms with Crippen molar-refractivity contribution in [3.8, 4) is 5.75 Å². The molecule has 2 saturated heterocycles. The molecule has 2 aliphatic rings. The molecule has 0 radical (unpaired) electrons. The quantitative estimate of drug-likeness (QED) is 0.605. The van der Waals surface area contributed by atoms with Crippen LogP contribution >= 0.6 is 0 Å². The van der Waals surface area contributed by atoms with E-state index in [2.05, 4.69) is 0 Å². The Labute approximate surface area is 178 Å². The normalized spacial score (nSPS) is 19.5. The third-order valence-electron chi connectivity index (χ3n) is 5.62. The van der Waals surface area contributed by atoms with Crippen LogP contribution in [0, 0.1) is 5.92 Å². The molecule has 1 amide bonds. The Morgan fingerprint density at radius 3 is 2.23 bits per heavy atom. The van der Waals surface area contributed by atoms with E-state index in [0.717, 1.165) is 12.8 Å². The summed E-state index contributed by atoms with van der Waals surface area (Å²) in [4.78, 5) is 26.7. The van der Waals surface area contributed by atoms with Gasteiger partial charge in [-0.05, 0) is 63.8 Å². The molecule has 30 heavy (non-hydrogen) atoms. The van der Waals surface area contributed by atoms with Crippen molar-refractivity contribution in [1.29, 1.82) is 0 Å². The van der Waals surface area contributed by atoms with E-state index in [0.29, 0.717) is 38.3 Å². The van der Waals surface area contributed by atoms with Gasteiger partial charge in [0.1, 0.15) is 5.75 Å². The number of nitrogens with zero attached hydrogens (tertiary/aromatic N) is 2. The molecule has 2 heterocycles. The summed E-state index contributed by atoms with van der Waals surface area (Å²) in [7, 11) is -3.63. The minimum absolute atomic E-state index is 0.156. The van der Waals surface area contributed by atoms with Gasteiger partial charge >= 0.3 is 5.97 Å². The molecule has 1 aromatic carbocycles. The zero-order valence-corrected chi connectivity index (χ0v) is 18.4. The van der Waals surface area contributed by atoms with Crippen molar-refractivity contribution in [1.82, 2.24) is 9.21 Å². The van der Waals surface area contributed by atoms with Crippen LogP contribution in [-0.2, 0) is 24.3 Å². The smallest absolute Gasteiger partial charge is 0.309 e. The maximum Gasteiger partial charge on any atom is 0.309 e. The molecular formula is C21H30N2O6S. The van der Waals surface area contributed by atoms with Gasteiger partial charge in [0.25, 0.3) is 5.91 Å². The number of hydrogen-bond acceptors (Lipinski definition) is 6. The Morgan fingerprint density at radius 1 is 1.07 bits per heavy atom. The summed E-state index contributed by atoms with van der Waals surface area (Å²) in [5.74, 6) is -0.356. The molecule has 1 aromatic rings. The number of esters is 1. The first-order chi connectivity index (χ1) is 14.3. The third-order valence-corrected chi connectivity index (χ3v) is 7.53. The fourth-order valence-electron chi connectivity index (χ4n) is 3.87. The lowest BCUT2D eigenvalue weighted by Gasteiger charge is -2.31. The van der Waals surface area contributed by atoms with Crippen molar-refractivity contribution in [2.45, 2.75) is 50.5 Å². The van der Waals surface area contributed by atoms with Crippen LogP contribution in [0.5, 0.6) is 5.75 Å². The van der Waals surface area contributed by atoms with Gasteiger partial charge in [0, 0.05) is 26.2 Å². The zero-order valence-electron chi connectivity index (χ0n) is 17.6. The second kappa shape index (κ2) is 9.78. The lowest BCUT2D eigenvalue weighted by atomic mass is 9.98. The van der Waals surface area contributed by atoms with E-state index in [4.69, 9.17) is 9.47 Å². The Morgan fingerprint density at radius 2 is 1.67 bits per heavy atom. The Hall–Kier alpha value is -2.13. The van der Waals surface area contributed by atoms with Crippen molar-refractivity contribution < 1.29 is 27.5 Å². The number of rotatable bonds is 7. The van der Waals surface area contributed by atoms with Gasteiger partial charge in [-0.2, -0.15) is 4.31 Å². The minimum atomic E-state index is -3.63. The first-order valence-corrected chi connectivity index (χ1v) is 12.0. The van der Waals surface area contributed by atoms with Gasteiger partial charge in [0.2, 0.25) is 10.0 Å². The largest absolute Gasteiger partial charge is 0.494 e. The summed E-state index contributed by atoms with van der Waals surface area (Å²) in [6, 6.07) is 6.34. The lowest BCUT2D eigenvalue weighted by Crippen LogP contribution is -2.43. The van der Waals surface area contributed by atoms with E-state index in [1.807, 2.05) is 6.92 Å². The number of hydrogen-bond donors (Lipinski definition) is 0. The van der Waals surface area contributed by atoms with Crippen LogP contribution in [0.2, 0.25) is 0 Å². The predicted molar refractivity (Wildman–Crippen MR) is 110 cm³/mol. The van der Waals surface area contributed by atoms with E-state index in [9.17, 15) is 18.0 Å². The first-order valence-electron chi connectivity index (χ1n) is 10.5. The summed E-state index contributed by atoms with van der Waals surface area (Å²) in [5, 5.41) is 0. The molecule has 1 unspecified atom stereocenters.